The fourth-order valence-corrected chi connectivity index (χ4v) is 4.23. The molecular weight excluding hydrogens is 266 g/mol. The molecule has 0 amide bonds. The second kappa shape index (κ2) is 6.57. The summed E-state index contributed by atoms with van der Waals surface area (Å²) in [6.07, 6.45) is 7.43. The molecule has 3 N–H and O–H groups in total. The molecule has 1 saturated carbocycles. The van der Waals surface area contributed by atoms with E-state index in [1.54, 1.807) is 0 Å². The van der Waals surface area contributed by atoms with Gasteiger partial charge >= 0.3 is 0 Å². The van der Waals surface area contributed by atoms with Gasteiger partial charge in [0, 0.05) is 22.6 Å². The standard InChI is InChI=1S/C16H21N3S/c17-19-16(11-20-14-6-2-3-7-14)13-9-12-5-1-4-8-15(12)18-10-13/h1,4-5,8-10,14,16,19H,2-3,6-7,11,17H2. The molecule has 3 nitrogen and oxygen atoms in total. The molecule has 0 saturated heterocycles. The minimum Gasteiger partial charge on any atom is -0.271 e. The number of nitrogens with two attached hydrogens (primary N) is 1. The Balaban J connectivity index is 1.72. The van der Waals surface area contributed by atoms with Crippen molar-refractivity contribution in [2.45, 2.75) is 37.0 Å². The van der Waals surface area contributed by atoms with Crippen LogP contribution in [0.2, 0.25) is 0 Å². The van der Waals surface area contributed by atoms with E-state index in [2.05, 4.69) is 22.5 Å². The average Bonchev–Trinajstić information content (AvgIpc) is 3.01. The van der Waals surface area contributed by atoms with Crippen molar-refractivity contribution in [2.75, 3.05) is 5.75 Å². The van der Waals surface area contributed by atoms with Gasteiger partial charge in [-0.2, -0.15) is 11.8 Å². The van der Waals surface area contributed by atoms with Gasteiger partial charge in [0.15, 0.2) is 0 Å². The van der Waals surface area contributed by atoms with E-state index in [1.807, 2.05) is 36.2 Å². The lowest BCUT2D eigenvalue weighted by atomic mass is 10.1. The molecule has 1 aliphatic rings. The van der Waals surface area contributed by atoms with Crippen LogP contribution in [0.5, 0.6) is 0 Å². The van der Waals surface area contributed by atoms with Crippen molar-refractivity contribution in [2.24, 2.45) is 5.84 Å². The Bertz CT molecular complexity index is 566. The summed E-state index contributed by atoms with van der Waals surface area (Å²) in [4.78, 5) is 4.52. The van der Waals surface area contributed by atoms with Gasteiger partial charge in [0.2, 0.25) is 0 Å². The smallest absolute Gasteiger partial charge is 0.0702 e. The predicted octanol–water partition coefficient (Wildman–Crippen LogP) is 3.42. The number of hydrazine groups is 1. The van der Waals surface area contributed by atoms with E-state index in [-0.39, 0.29) is 6.04 Å². The Hall–Kier alpha value is -1.10. The summed E-state index contributed by atoms with van der Waals surface area (Å²) in [5, 5.41) is 2.00. The van der Waals surface area contributed by atoms with Gasteiger partial charge in [-0.25, -0.2) is 0 Å². The highest BCUT2D eigenvalue weighted by Crippen LogP contribution is 2.32. The van der Waals surface area contributed by atoms with Crippen LogP contribution in [0.3, 0.4) is 0 Å². The minimum atomic E-state index is 0.178. The SMILES string of the molecule is NNC(CSC1CCCC1)c1cnc2ccccc2c1. The molecule has 20 heavy (non-hydrogen) atoms. The molecule has 106 valence electrons. The van der Waals surface area contributed by atoms with Crippen molar-refractivity contribution < 1.29 is 0 Å². The number of fused-ring (bicyclic) bond motifs is 1. The molecule has 1 aliphatic carbocycles. The van der Waals surface area contributed by atoms with E-state index in [0.717, 1.165) is 16.5 Å². The number of para-hydroxylation sites is 1. The number of nitrogens with zero attached hydrogens (tertiary/aromatic N) is 1. The van der Waals surface area contributed by atoms with Gasteiger partial charge in [-0.05, 0) is 30.5 Å². The third kappa shape index (κ3) is 3.14. The van der Waals surface area contributed by atoms with Crippen LogP contribution in [0.4, 0.5) is 0 Å². The quantitative estimate of drug-likeness (QED) is 0.653. The highest BCUT2D eigenvalue weighted by molar-refractivity contribution is 7.99. The van der Waals surface area contributed by atoms with Gasteiger partial charge < -0.3 is 0 Å². The summed E-state index contributed by atoms with van der Waals surface area (Å²) < 4.78 is 0. The maximum atomic E-state index is 5.74. The Morgan fingerprint density at radius 3 is 2.90 bits per heavy atom. The van der Waals surface area contributed by atoms with Crippen molar-refractivity contribution in [3.63, 3.8) is 0 Å². The molecule has 3 rings (SSSR count). The summed E-state index contributed by atoms with van der Waals surface area (Å²) in [6, 6.07) is 10.6. The number of aromatic nitrogens is 1. The van der Waals surface area contributed by atoms with Crippen LogP contribution in [-0.4, -0.2) is 16.0 Å². The lowest BCUT2D eigenvalue weighted by Crippen LogP contribution is -2.30. The fourth-order valence-electron chi connectivity index (χ4n) is 2.81. The molecule has 1 atom stereocenters. The maximum Gasteiger partial charge on any atom is 0.0702 e. The Kier molecular flexibility index (Phi) is 4.55. The number of benzene rings is 1. The van der Waals surface area contributed by atoms with Crippen LogP contribution in [0.15, 0.2) is 36.5 Å². The number of pyridine rings is 1. The summed E-state index contributed by atoms with van der Waals surface area (Å²) in [7, 11) is 0. The van der Waals surface area contributed by atoms with Crippen LogP contribution in [-0.2, 0) is 0 Å². The molecule has 1 aromatic heterocycles. The van der Waals surface area contributed by atoms with E-state index in [4.69, 9.17) is 5.84 Å². The van der Waals surface area contributed by atoms with Gasteiger partial charge in [0.05, 0.1) is 11.6 Å². The van der Waals surface area contributed by atoms with Crippen LogP contribution in [0, 0.1) is 0 Å². The molecule has 0 aliphatic heterocycles. The number of nitrogens with one attached hydrogen (secondary N) is 1. The third-order valence-corrected chi connectivity index (χ3v) is 5.48. The van der Waals surface area contributed by atoms with Gasteiger partial charge in [-0.1, -0.05) is 31.0 Å². The molecule has 0 radical (unpaired) electrons. The molecule has 1 aromatic carbocycles. The fraction of sp³-hybridized carbons (Fsp3) is 0.438. The second-order valence-electron chi connectivity index (χ2n) is 5.42. The van der Waals surface area contributed by atoms with Crippen molar-refractivity contribution in [3.8, 4) is 0 Å². The average molecular weight is 287 g/mol. The normalized spacial score (nSPS) is 17.6. The van der Waals surface area contributed by atoms with Gasteiger partial charge in [0.1, 0.15) is 0 Å². The predicted molar refractivity (Wildman–Crippen MR) is 86.5 cm³/mol. The van der Waals surface area contributed by atoms with Gasteiger partial charge in [0.25, 0.3) is 0 Å². The van der Waals surface area contributed by atoms with Crippen molar-refractivity contribution in [1.82, 2.24) is 10.4 Å². The topological polar surface area (TPSA) is 50.9 Å². The number of hydrogen-bond donors (Lipinski definition) is 2. The molecule has 1 heterocycles. The molecule has 0 spiro atoms. The van der Waals surface area contributed by atoms with Crippen molar-refractivity contribution in [1.29, 1.82) is 0 Å². The van der Waals surface area contributed by atoms with Gasteiger partial charge in [-0.15, -0.1) is 0 Å². The van der Waals surface area contributed by atoms with E-state index in [9.17, 15) is 0 Å². The van der Waals surface area contributed by atoms with Crippen molar-refractivity contribution >= 4 is 22.7 Å². The first-order chi connectivity index (χ1) is 9.86. The number of rotatable bonds is 5. The summed E-state index contributed by atoms with van der Waals surface area (Å²) in [5.41, 5.74) is 5.16. The first-order valence-electron chi connectivity index (χ1n) is 7.29. The first kappa shape index (κ1) is 13.9. The van der Waals surface area contributed by atoms with Gasteiger partial charge in [-0.3, -0.25) is 16.3 Å². The lowest BCUT2D eigenvalue weighted by Gasteiger charge is -2.18. The Morgan fingerprint density at radius 1 is 1.30 bits per heavy atom. The molecule has 2 aromatic rings. The van der Waals surface area contributed by atoms with Crippen LogP contribution in [0.1, 0.15) is 37.3 Å². The highest BCUT2D eigenvalue weighted by Gasteiger charge is 2.18. The largest absolute Gasteiger partial charge is 0.271 e. The van der Waals surface area contributed by atoms with Crippen LogP contribution >= 0.6 is 11.8 Å². The maximum absolute atomic E-state index is 5.74. The molecule has 4 heteroatoms. The van der Waals surface area contributed by atoms with Crippen molar-refractivity contribution in [3.05, 3.63) is 42.1 Å². The van der Waals surface area contributed by atoms with E-state index in [0.29, 0.717) is 0 Å². The van der Waals surface area contributed by atoms with E-state index >= 15 is 0 Å². The summed E-state index contributed by atoms with van der Waals surface area (Å²) >= 11 is 2.05. The van der Waals surface area contributed by atoms with Crippen LogP contribution < -0.4 is 11.3 Å². The zero-order valence-electron chi connectivity index (χ0n) is 11.6. The zero-order chi connectivity index (χ0) is 13.8. The molecular formula is C16H21N3S. The molecule has 0 bridgehead atoms. The third-order valence-electron chi connectivity index (χ3n) is 4.02. The second-order valence-corrected chi connectivity index (χ2v) is 6.75. The molecule has 1 fully saturated rings. The number of hydrogen-bond acceptors (Lipinski definition) is 4. The van der Waals surface area contributed by atoms with E-state index in [1.165, 1.54) is 36.6 Å². The Labute approximate surface area is 124 Å². The lowest BCUT2D eigenvalue weighted by molar-refractivity contribution is 0.608. The summed E-state index contributed by atoms with van der Waals surface area (Å²) in [6.45, 7) is 0. The van der Waals surface area contributed by atoms with Crippen LogP contribution in [0.25, 0.3) is 10.9 Å². The first-order valence-corrected chi connectivity index (χ1v) is 8.34. The molecule has 1 unspecified atom stereocenters. The minimum absolute atomic E-state index is 0.178. The summed E-state index contributed by atoms with van der Waals surface area (Å²) in [5.74, 6) is 6.76. The van der Waals surface area contributed by atoms with E-state index < -0.39 is 0 Å². The number of thioether (sulfide) groups is 1. The zero-order valence-corrected chi connectivity index (χ0v) is 12.4. The monoisotopic (exact) mass is 287 g/mol. The Morgan fingerprint density at radius 2 is 2.10 bits per heavy atom. The highest BCUT2D eigenvalue weighted by atomic mass is 32.2.